The fourth-order valence-electron chi connectivity index (χ4n) is 2.48. The quantitative estimate of drug-likeness (QED) is 0.609. The predicted octanol–water partition coefficient (Wildman–Crippen LogP) is 5.07. The molecule has 1 amide bonds. The summed E-state index contributed by atoms with van der Waals surface area (Å²) in [7, 11) is -2.36. The summed E-state index contributed by atoms with van der Waals surface area (Å²) in [4.78, 5) is 12.6. The summed E-state index contributed by atoms with van der Waals surface area (Å²) in [5, 5.41) is 3.76. The standard InChI is InChI=1S/C20H16Cl2N2O3S/c1-24(28(26,27)19-11-7-16(22)8-12-19)18-4-2-3-14(13-18)20(25)23-17-9-5-15(21)6-10-17/h2-13H,1H3,(H,23,25). The maximum atomic E-state index is 12.8. The van der Waals surface area contributed by atoms with E-state index >= 15 is 0 Å². The molecule has 0 atom stereocenters. The molecule has 0 aliphatic carbocycles. The predicted molar refractivity (Wildman–Crippen MR) is 113 cm³/mol. The van der Waals surface area contributed by atoms with Crippen molar-refractivity contribution in [1.29, 1.82) is 0 Å². The normalized spacial score (nSPS) is 11.1. The molecule has 3 aromatic rings. The number of carbonyl (C=O) groups excluding carboxylic acids is 1. The van der Waals surface area contributed by atoms with E-state index in [0.717, 1.165) is 4.31 Å². The molecule has 0 unspecified atom stereocenters. The highest BCUT2D eigenvalue weighted by Gasteiger charge is 2.22. The number of hydrogen-bond donors (Lipinski definition) is 1. The van der Waals surface area contributed by atoms with E-state index in [4.69, 9.17) is 23.2 Å². The van der Waals surface area contributed by atoms with Crippen molar-refractivity contribution >= 4 is 50.5 Å². The fourth-order valence-corrected chi connectivity index (χ4v) is 3.92. The average Bonchev–Trinajstić information content (AvgIpc) is 2.69. The molecule has 0 radical (unpaired) electrons. The highest BCUT2D eigenvalue weighted by atomic mass is 35.5. The van der Waals surface area contributed by atoms with Crippen LogP contribution in [-0.2, 0) is 10.0 Å². The minimum absolute atomic E-state index is 0.107. The van der Waals surface area contributed by atoms with Crippen molar-refractivity contribution in [2.24, 2.45) is 0 Å². The Bertz CT molecular complexity index is 1100. The first-order chi connectivity index (χ1) is 13.3. The lowest BCUT2D eigenvalue weighted by atomic mass is 10.2. The SMILES string of the molecule is CN(c1cccc(C(=O)Nc2ccc(Cl)cc2)c1)S(=O)(=O)c1ccc(Cl)cc1. The molecule has 0 fully saturated rings. The molecule has 28 heavy (non-hydrogen) atoms. The smallest absolute Gasteiger partial charge is 0.264 e. The van der Waals surface area contributed by atoms with E-state index in [2.05, 4.69) is 5.32 Å². The van der Waals surface area contributed by atoms with Gasteiger partial charge in [0.05, 0.1) is 10.6 Å². The molecule has 5 nitrogen and oxygen atoms in total. The molecule has 0 bridgehead atoms. The summed E-state index contributed by atoms with van der Waals surface area (Å²) in [6.45, 7) is 0. The molecule has 144 valence electrons. The first-order valence-corrected chi connectivity index (χ1v) is 10.4. The Balaban J connectivity index is 1.84. The fraction of sp³-hybridized carbons (Fsp3) is 0.0500. The van der Waals surface area contributed by atoms with Gasteiger partial charge in [0, 0.05) is 28.3 Å². The molecule has 0 heterocycles. The number of benzene rings is 3. The summed E-state index contributed by atoms with van der Waals surface area (Å²) < 4.78 is 26.8. The highest BCUT2D eigenvalue weighted by Crippen LogP contribution is 2.24. The molecule has 0 spiro atoms. The summed E-state index contributed by atoms with van der Waals surface area (Å²) in [6.07, 6.45) is 0. The lowest BCUT2D eigenvalue weighted by Crippen LogP contribution is -2.26. The Morgan fingerprint density at radius 3 is 2.07 bits per heavy atom. The van der Waals surface area contributed by atoms with E-state index in [1.807, 2.05) is 0 Å². The van der Waals surface area contributed by atoms with Crippen LogP contribution >= 0.6 is 23.2 Å². The van der Waals surface area contributed by atoms with Crippen molar-refractivity contribution in [3.05, 3.63) is 88.4 Å². The van der Waals surface area contributed by atoms with Crippen LogP contribution in [0.4, 0.5) is 11.4 Å². The zero-order valence-corrected chi connectivity index (χ0v) is 17.1. The van der Waals surface area contributed by atoms with Crippen molar-refractivity contribution < 1.29 is 13.2 Å². The summed E-state index contributed by atoms with van der Waals surface area (Å²) >= 11 is 11.7. The first kappa shape index (κ1) is 20.2. The first-order valence-electron chi connectivity index (χ1n) is 8.19. The third-order valence-corrected chi connectivity index (χ3v) is 6.35. The zero-order valence-electron chi connectivity index (χ0n) is 14.8. The van der Waals surface area contributed by atoms with Crippen molar-refractivity contribution in [2.45, 2.75) is 4.90 Å². The van der Waals surface area contributed by atoms with Crippen molar-refractivity contribution in [3.8, 4) is 0 Å². The van der Waals surface area contributed by atoms with Gasteiger partial charge in [0.15, 0.2) is 0 Å². The van der Waals surface area contributed by atoms with E-state index in [1.165, 1.54) is 37.4 Å². The van der Waals surface area contributed by atoms with Crippen LogP contribution in [0.5, 0.6) is 0 Å². The van der Waals surface area contributed by atoms with E-state index in [9.17, 15) is 13.2 Å². The van der Waals surface area contributed by atoms with Crippen LogP contribution in [0.25, 0.3) is 0 Å². The molecule has 8 heteroatoms. The molecular formula is C20H16Cl2N2O3S. The van der Waals surface area contributed by atoms with Crippen LogP contribution in [-0.4, -0.2) is 21.4 Å². The summed E-state index contributed by atoms with van der Waals surface area (Å²) in [5.41, 5.74) is 1.27. The van der Waals surface area contributed by atoms with E-state index < -0.39 is 10.0 Å². The van der Waals surface area contributed by atoms with Crippen LogP contribution in [0.15, 0.2) is 77.7 Å². The number of nitrogens with one attached hydrogen (secondary N) is 1. The third kappa shape index (κ3) is 4.47. The second kappa shape index (κ2) is 8.22. The molecule has 3 rings (SSSR count). The van der Waals surface area contributed by atoms with Crippen LogP contribution in [0.2, 0.25) is 10.0 Å². The van der Waals surface area contributed by atoms with E-state index in [1.54, 1.807) is 42.5 Å². The second-order valence-corrected chi connectivity index (χ2v) is 8.78. The Hall–Kier alpha value is -2.54. The van der Waals surface area contributed by atoms with Gasteiger partial charge in [-0.1, -0.05) is 29.3 Å². The van der Waals surface area contributed by atoms with Gasteiger partial charge in [-0.25, -0.2) is 8.42 Å². The number of anilines is 2. The second-order valence-electron chi connectivity index (χ2n) is 5.94. The topological polar surface area (TPSA) is 66.5 Å². The Kier molecular flexibility index (Phi) is 5.93. The van der Waals surface area contributed by atoms with Crippen LogP contribution in [0.3, 0.4) is 0 Å². The molecule has 0 saturated carbocycles. The summed E-state index contributed by atoms with van der Waals surface area (Å²) in [6, 6.07) is 19.0. The Labute approximate surface area is 173 Å². The minimum atomic E-state index is -3.79. The van der Waals surface area contributed by atoms with Crippen LogP contribution < -0.4 is 9.62 Å². The average molecular weight is 435 g/mol. The number of halogens is 2. The Morgan fingerprint density at radius 2 is 1.46 bits per heavy atom. The van der Waals surface area contributed by atoms with Gasteiger partial charge in [-0.15, -0.1) is 0 Å². The molecule has 1 N–H and O–H groups in total. The van der Waals surface area contributed by atoms with Crippen molar-refractivity contribution in [3.63, 3.8) is 0 Å². The van der Waals surface area contributed by atoms with Gasteiger partial charge in [0.1, 0.15) is 0 Å². The van der Waals surface area contributed by atoms with Gasteiger partial charge >= 0.3 is 0 Å². The van der Waals surface area contributed by atoms with Gasteiger partial charge in [0.25, 0.3) is 15.9 Å². The van der Waals surface area contributed by atoms with Gasteiger partial charge in [-0.3, -0.25) is 9.10 Å². The van der Waals surface area contributed by atoms with Gasteiger partial charge in [-0.2, -0.15) is 0 Å². The molecular weight excluding hydrogens is 419 g/mol. The maximum absolute atomic E-state index is 12.8. The molecule has 0 saturated heterocycles. The summed E-state index contributed by atoms with van der Waals surface area (Å²) in [5.74, 6) is -0.360. The highest BCUT2D eigenvalue weighted by molar-refractivity contribution is 7.92. The minimum Gasteiger partial charge on any atom is -0.322 e. The Morgan fingerprint density at radius 1 is 0.893 bits per heavy atom. The van der Waals surface area contributed by atoms with Crippen molar-refractivity contribution in [2.75, 3.05) is 16.7 Å². The van der Waals surface area contributed by atoms with Crippen LogP contribution in [0, 0.1) is 0 Å². The lowest BCUT2D eigenvalue weighted by Gasteiger charge is -2.20. The molecule has 0 aromatic heterocycles. The number of carbonyl (C=O) groups is 1. The zero-order chi connectivity index (χ0) is 20.3. The lowest BCUT2D eigenvalue weighted by molar-refractivity contribution is 0.102. The van der Waals surface area contributed by atoms with E-state index in [-0.39, 0.29) is 10.8 Å². The van der Waals surface area contributed by atoms with Crippen molar-refractivity contribution in [1.82, 2.24) is 0 Å². The van der Waals surface area contributed by atoms with Gasteiger partial charge in [-0.05, 0) is 66.7 Å². The number of amides is 1. The largest absolute Gasteiger partial charge is 0.322 e. The molecule has 0 aliphatic heterocycles. The third-order valence-electron chi connectivity index (χ3n) is 4.05. The number of rotatable bonds is 5. The van der Waals surface area contributed by atoms with Gasteiger partial charge in [0.2, 0.25) is 0 Å². The molecule has 0 aliphatic rings. The van der Waals surface area contributed by atoms with E-state index in [0.29, 0.717) is 27.0 Å². The number of nitrogens with zero attached hydrogens (tertiary/aromatic N) is 1. The number of hydrogen-bond acceptors (Lipinski definition) is 3. The van der Waals surface area contributed by atoms with Gasteiger partial charge < -0.3 is 5.32 Å². The molecule has 3 aromatic carbocycles. The monoisotopic (exact) mass is 434 g/mol. The number of sulfonamides is 1. The maximum Gasteiger partial charge on any atom is 0.264 e. The van der Waals surface area contributed by atoms with Crippen LogP contribution in [0.1, 0.15) is 10.4 Å².